The van der Waals surface area contributed by atoms with Gasteiger partial charge in [-0.15, -0.1) is 0 Å². The second kappa shape index (κ2) is 6.26. The molecule has 1 aliphatic rings. The van der Waals surface area contributed by atoms with Crippen LogP contribution in [0.3, 0.4) is 0 Å². The quantitative estimate of drug-likeness (QED) is 0.452. The summed E-state index contributed by atoms with van der Waals surface area (Å²) >= 11 is 0. The van der Waals surface area contributed by atoms with Gasteiger partial charge in [-0.3, -0.25) is 10.1 Å². The summed E-state index contributed by atoms with van der Waals surface area (Å²) in [6.07, 6.45) is 0.224. The Labute approximate surface area is 149 Å². The van der Waals surface area contributed by atoms with Gasteiger partial charge in [-0.2, -0.15) is 4.31 Å². The number of para-hydroxylation sites is 1. The van der Waals surface area contributed by atoms with Crippen molar-refractivity contribution in [2.24, 2.45) is 0 Å². The molecule has 9 heteroatoms. The van der Waals surface area contributed by atoms with Gasteiger partial charge in [0.15, 0.2) is 10.5 Å². The summed E-state index contributed by atoms with van der Waals surface area (Å²) in [6.45, 7) is 3.29. The van der Waals surface area contributed by atoms with E-state index in [4.69, 9.17) is 4.74 Å². The van der Waals surface area contributed by atoms with E-state index in [0.29, 0.717) is 9.87 Å². The van der Waals surface area contributed by atoms with Gasteiger partial charge in [-0.05, 0) is 12.1 Å². The third-order valence-electron chi connectivity index (χ3n) is 4.07. The molecule has 0 saturated carbocycles. The second-order valence-corrected chi connectivity index (χ2v) is 7.39. The molecule has 0 radical (unpaired) electrons. The van der Waals surface area contributed by atoms with E-state index in [9.17, 15) is 23.3 Å². The van der Waals surface area contributed by atoms with Crippen LogP contribution in [0.15, 0.2) is 72.1 Å². The number of rotatable bonds is 5. The molecule has 134 valence electrons. The van der Waals surface area contributed by atoms with Crippen molar-refractivity contribution in [3.05, 3.63) is 82.9 Å². The van der Waals surface area contributed by atoms with Crippen molar-refractivity contribution in [1.29, 1.82) is 0 Å². The maximum absolute atomic E-state index is 12.9. The Kier molecular flexibility index (Phi) is 4.25. The fraction of sp³-hybridized carbons (Fsp3) is 0.118. The molecule has 0 aromatic heterocycles. The molecular formula is C17H14N2O6S. The number of carbonyl (C=O) groups excluding carboxylic acids is 1. The maximum atomic E-state index is 12.9. The summed E-state index contributed by atoms with van der Waals surface area (Å²) in [5.41, 5.74) is -1.44. The number of amides is 1. The molecular weight excluding hydrogens is 360 g/mol. The molecule has 3 rings (SSSR count). The summed E-state index contributed by atoms with van der Waals surface area (Å²) < 4.78 is 31.6. The Morgan fingerprint density at radius 2 is 1.77 bits per heavy atom. The summed E-state index contributed by atoms with van der Waals surface area (Å²) in [4.78, 5) is 22.1. The topological polar surface area (TPSA) is 107 Å². The molecule has 0 bridgehead atoms. The van der Waals surface area contributed by atoms with Crippen LogP contribution in [0.25, 0.3) is 0 Å². The van der Waals surface area contributed by atoms with Crippen LogP contribution in [-0.2, 0) is 20.4 Å². The van der Waals surface area contributed by atoms with Gasteiger partial charge in [0.05, 0.1) is 11.5 Å². The smallest absolute Gasteiger partial charge is 0.425 e. The molecule has 1 unspecified atom stereocenters. The molecule has 1 atom stereocenters. The number of cyclic esters (lactones) is 1. The van der Waals surface area contributed by atoms with E-state index < -0.39 is 37.2 Å². The lowest BCUT2D eigenvalue weighted by molar-refractivity contribution is -0.387. The lowest BCUT2D eigenvalue weighted by atomic mass is 9.94. The zero-order chi connectivity index (χ0) is 18.9. The minimum Gasteiger partial charge on any atom is -0.431 e. The average Bonchev–Trinajstić information content (AvgIpc) is 3.01. The number of nitrogens with zero attached hydrogens (tertiary/aromatic N) is 2. The molecule has 8 nitrogen and oxygen atoms in total. The molecule has 26 heavy (non-hydrogen) atoms. The largest absolute Gasteiger partial charge is 0.431 e. The molecule has 0 aliphatic carbocycles. The summed E-state index contributed by atoms with van der Waals surface area (Å²) in [5.74, 6) is 0. The van der Waals surface area contributed by atoms with E-state index in [2.05, 4.69) is 6.58 Å². The lowest BCUT2D eigenvalue weighted by Crippen LogP contribution is -2.35. The second-order valence-electron chi connectivity index (χ2n) is 5.56. The molecule has 0 N–H and O–H groups in total. The molecule has 1 aliphatic heterocycles. The average molecular weight is 374 g/mol. The monoisotopic (exact) mass is 374 g/mol. The molecule has 1 heterocycles. The zero-order valence-corrected chi connectivity index (χ0v) is 14.3. The van der Waals surface area contributed by atoms with Gasteiger partial charge in [-0.25, -0.2) is 13.2 Å². The van der Waals surface area contributed by atoms with Crippen LogP contribution in [0.2, 0.25) is 0 Å². The number of benzene rings is 2. The SMILES string of the molecule is C=CC1(c2ccccc2)CN(S(=O)(=O)c2ccccc2[N+](=O)[O-])C(=O)O1. The highest BCUT2D eigenvalue weighted by Crippen LogP contribution is 2.38. The summed E-state index contributed by atoms with van der Waals surface area (Å²) in [6, 6.07) is 13.4. The van der Waals surface area contributed by atoms with Crippen LogP contribution in [0.1, 0.15) is 5.56 Å². The Hall–Kier alpha value is -3.20. The molecule has 1 saturated heterocycles. The molecule has 0 spiro atoms. The van der Waals surface area contributed by atoms with Crippen molar-refractivity contribution in [3.8, 4) is 0 Å². The van der Waals surface area contributed by atoms with E-state index in [1.54, 1.807) is 30.3 Å². The highest BCUT2D eigenvalue weighted by molar-refractivity contribution is 7.89. The van der Waals surface area contributed by atoms with Crippen molar-refractivity contribution in [3.63, 3.8) is 0 Å². The van der Waals surface area contributed by atoms with Crippen molar-refractivity contribution >= 4 is 21.8 Å². The summed E-state index contributed by atoms with van der Waals surface area (Å²) in [5, 5.41) is 11.2. The molecule has 1 fully saturated rings. The Bertz CT molecular complexity index is 989. The van der Waals surface area contributed by atoms with Crippen molar-refractivity contribution in [1.82, 2.24) is 4.31 Å². The minimum atomic E-state index is -4.48. The molecule has 2 aromatic carbocycles. The van der Waals surface area contributed by atoms with E-state index in [-0.39, 0.29) is 6.54 Å². The van der Waals surface area contributed by atoms with Gasteiger partial charge in [0, 0.05) is 11.6 Å². The fourth-order valence-corrected chi connectivity index (χ4v) is 4.23. The Balaban J connectivity index is 2.07. The normalized spacial score (nSPS) is 19.8. The van der Waals surface area contributed by atoms with Crippen LogP contribution in [0.5, 0.6) is 0 Å². The van der Waals surface area contributed by atoms with Crippen LogP contribution < -0.4 is 0 Å². The van der Waals surface area contributed by atoms with Gasteiger partial charge in [-0.1, -0.05) is 49.0 Å². The maximum Gasteiger partial charge on any atom is 0.425 e. The van der Waals surface area contributed by atoms with Crippen molar-refractivity contribution in [2.45, 2.75) is 10.5 Å². The Morgan fingerprint density at radius 3 is 2.38 bits per heavy atom. The van der Waals surface area contributed by atoms with Crippen molar-refractivity contribution in [2.75, 3.05) is 6.54 Å². The zero-order valence-electron chi connectivity index (χ0n) is 13.4. The predicted molar refractivity (Wildman–Crippen MR) is 91.8 cm³/mol. The number of hydrogen-bond acceptors (Lipinski definition) is 6. The number of sulfonamides is 1. The first kappa shape index (κ1) is 17.6. The highest BCUT2D eigenvalue weighted by atomic mass is 32.2. The number of carbonyl (C=O) groups is 1. The fourth-order valence-electron chi connectivity index (χ4n) is 2.74. The van der Waals surface area contributed by atoms with Crippen LogP contribution in [-0.4, -0.2) is 30.3 Å². The van der Waals surface area contributed by atoms with Gasteiger partial charge < -0.3 is 4.74 Å². The first-order valence-electron chi connectivity index (χ1n) is 7.50. The third-order valence-corrected chi connectivity index (χ3v) is 5.83. The first-order chi connectivity index (χ1) is 12.3. The molecule has 2 aromatic rings. The molecule has 1 amide bonds. The van der Waals surface area contributed by atoms with Crippen LogP contribution >= 0.6 is 0 Å². The Morgan fingerprint density at radius 1 is 1.15 bits per heavy atom. The van der Waals surface area contributed by atoms with E-state index in [1.807, 2.05) is 0 Å². The number of nitro benzene ring substituents is 1. The van der Waals surface area contributed by atoms with Crippen molar-refractivity contribution < 1.29 is 22.9 Å². The third kappa shape index (κ3) is 2.72. The van der Waals surface area contributed by atoms with Gasteiger partial charge in [0.25, 0.3) is 15.7 Å². The first-order valence-corrected chi connectivity index (χ1v) is 8.94. The number of hydrogen-bond donors (Lipinski definition) is 0. The number of nitro groups is 1. The van der Waals surface area contributed by atoms with Crippen LogP contribution in [0, 0.1) is 10.1 Å². The van der Waals surface area contributed by atoms with E-state index in [1.165, 1.54) is 18.2 Å². The summed E-state index contributed by atoms with van der Waals surface area (Å²) in [7, 11) is -4.48. The van der Waals surface area contributed by atoms with Crippen LogP contribution in [0.4, 0.5) is 10.5 Å². The standard InChI is InChI=1S/C17H14N2O6S/c1-2-17(13-8-4-3-5-9-13)12-18(16(20)25-17)26(23,24)15-11-7-6-10-14(15)19(21)22/h2-11H,1,12H2. The van der Waals surface area contributed by atoms with Gasteiger partial charge >= 0.3 is 6.09 Å². The van der Waals surface area contributed by atoms with Gasteiger partial charge in [0.2, 0.25) is 0 Å². The highest BCUT2D eigenvalue weighted by Gasteiger charge is 2.50. The van der Waals surface area contributed by atoms with Gasteiger partial charge in [0.1, 0.15) is 0 Å². The van der Waals surface area contributed by atoms with E-state index in [0.717, 1.165) is 12.1 Å². The number of ether oxygens (including phenoxy) is 1. The lowest BCUT2D eigenvalue weighted by Gasteiger charge is -2.23. The predicted octanol–water partition coefficient (Wildman–Crippen LogP) is 2.82. The minimum absolute atomic E-state index is 0.367. The van der Waals surface area contributed by atoms with E-state index >= 15 is 0 Å².